The lowest BCUT2D eigenvalue weighted by Crippen LogP contribution is -2.41. The van der Waals surface area contributed by atoms with Gasteiger partial charge in [-0.2, -0.15) is 18.2 Å². The van der Waals surface area contributed by atoms with Gasteiger partial charge in [-0.1, -0.05) is 6.07 Å². The largest absolute Gasteiger partial charge is 0.416 e. The lowest BCUT2D eigenvalue weighted by molar-refractivity contribution is -0.137. The minimum absolute atomic E-state index is 0.0364. The van der Waals surface area contributed by atoms with Gasteiger partial charge in [0.2, 0.25) is 17.8 Å². The number of morpholine rings is 1. The van der Waals surface area contributed by atoms with Crippen LogP contribution in [0.2, 0.25) is 0 Å². The lowest BCUT2D eigenvalue weighted by atomic mass is 9.92. The van der Waals surface area contributed by atoms with Crippen LogP contribution < -0.4 is 21.1 Å². The summed E-state index contributed by atoms with van der Waals surface area (Å²) >= 11 is 0. The quantitative estimate of drug-likeness (QED) is 0.673. The summed E-state index contributed by atoms with van der Waals surface area (Å²) in [6.07, 6.45) is -4.91. The molecular weight excluding hydrogens is 419 g/mol. The van der Waals surface area contributed by atoms with Gasteiger partial charge in [0.25, 0.3) is 5.56 Å². The average Bonchev–Trinajstić information content (AvgIpc) is 2.73. The maximum Gasteiger partial charge on any atom is 0.416 e. The molecule has 0 radical (unpaired) electrons. The zero-order chi connectivity index (χ0) is 22.2. The number of carbonyl (C=O) groups is 2. The highest BCUT2D eigenvalue weighted by Gasteiger charge is 2.36. The number of amides is 2. The number of nitrogens with zero attached hydrogens (tertiary/aromatic N) is 2. The number of benzene rings is 1. The van der Waals surface area contributed by atoms with Gasteiger partial charge in [-0.05, 0) is 18.2 Å². The number of hydrogen-bond acceptors (Lipinski definition) is 6. The minimum Gasteiger partial charge on any atom is -0.378 e. The normalized spacial score (nSPS) is 18.9. The molecular formula is C19H18F3N5O4. The van der Waals surface area contributed by atoms with Crippen LogP contribution in [-0.4, -0.2) is 48.1 Å². The third-order valence-corrected chi connectivity index (χ3v) is 5.02. The number of hydrogen-bond donors (Lipinski definition) is 3. The number of aromatic nitrogens is 2. The zero-order valence-electron chi connectivity index (χ0n) is 16.1. The highest BCUT2D eigenvalue weighted by molar-refractivity contribution is 6.04. The summed E-state index contributed by atoms with van der Waals surface area (Å²) in [5, 5.41) is 4.87. The van der Waals surface area contributed by atoms with E-state index < -0.39 is 35.0 Å². The molecule has 1 aromatic heterocycles. The van der Waals surface area contributed by atoms with E-state index in [1.807, 2.05) is 0 Å². The van der Waals surface area contributed by atoms with Crippen molar-refractivity contribution in [2.45, 2.75) is 18.5 Å². The highest BCUT2D eigenvalue weighted by atomic mass is 19.4. The van der Waals surface area contributed by atoms with Gasteiger partial charge in [0, 0.05) is 25.2 Å². The van der Waals surface area contributed by atoms with E-state index in [1.54, 1.807) is 4.90 Å². The summed E-state index contributed by atoms with van der Waals surface area (Å²) in [6.45, 7) is 1.90. The molecule has 1 aromatic carbocycles. The van der Waals surface area contributed by atoms with Gasteiger partial charge in [-0.15, -0.1) is 0 Å². The molecule has 0 bridgehead atoms. The Morgan fingerprint density at radius 3 is 2.68 bits per heavy atom. The van der Waals surface area contributed by atoms with Crippen molar-refractivity contribution in [1.29, 1.82) is 0 Å². The van der Waals surface area contributed by atoms with Crippen LogP contribution in [0, 0.1) is 0 Å². The number of ether oxygens (including phenoxy) is 1. The van der Waals surface area contributed by atoms with Crippen molar-refractivity contribution >= 4 is 29.3 Å². The highest BCUT2D eigenvalue weighted by Crippen LogP contribution is 2.33. The zero-order valence-corrected chi connectivity index (χ0v) is 16.1. The Morgan fingerprint density at radius 2 is 1.97 bits per heavy atom. The number of anilines is 3. The smallest absolute Gasteiger partial charge is 0.378 e. The van der Waals surface area contributed by atoms with E-state index in [0.717, 1.165) is 18.2 Å². The summed E-state index contributed by atoms with van der Waals surface area (Å²) in [4.78, 5) is 46.4. The molecule has 1 atom stereocenters. The molecule has 2 aliphatic rings. The van der Waals surface area contributed by atoms with Gasteiger partial charge in [-0.3, -0.25) is 19.4 Å². The monoisotopic (exact) mass is 437 g/mol. The molecule has 2 aliphatic heterocycles. The Hall–Kier alpha value is -3.41. The van der Waals surface area contributed by atoms with Gasteiger partial charge in [0.1, 0.15) is 5.82 Å². The van der Waals surface area contributed by atoms with Gasteiger partial charge < -0.3 is 20.3 Å². The first kappa shape index (κ1) is 20.8. The molecule has 3 N–H and O–H groups in total. The Morgan fingerprint density at radius 1 is 1.23 bits per heavy atom. The molecule has 3 heterocycles. The molecule has 2 amide bonds. The van der Waals surface area contributed by atoms with Crippen molar-refractivity contribution in [3.8, 4) is 0 Å². The Kier molecular flexibility index (Phi) is 5.39. The Bertz CT molecular complexity index is 1080. The fourth-order valence-electron chi connectivity index (χ4n) is 3.51. The maximum atomic E-state index is 12.9. The van der Waals surface area contributed by atoms with E-state index in [0.29, 0.717) is 26.3 Å². The van der Waals surface area contributed by atoms with E-state index in [2.05, 4.69) is 20.6 Å². The predicted octanol–water partition coefficient (Wildman–Crippen LogP) is 1.69. The fourth-order valence-corrected chi connectivity index (χ4v) is 3.51. The van der Waals surface area contributed by atoms with Crippen molar-refractivity contribution in [1.82, 2.24) is 9.97 Å². The second-order valence-corrected chi connectivity index (χ2v) is 7.12. The summed E-state index contributed by atoms with van der Waals surface area (Å²) in [6, 6.07) is 4.11. The molecule has 12 heteroatoms. The second-order valence-electron chi connectivity index (χ2n) is 7.12. The standard InChI is InChI=1S/C19H18F3N5O4/c20-19(21,22)10-2-1-3-11(8-10)23-16(29)12-9-13(28)24-15-14(12)17(30)26-18(25-15)27-4-6-31-7-5-27/h1-3,8,12H,4-7,9H2,(H,23,29)(H2,24,25,26,28,30). The first-order valence-corrected chi connectivity index (χ1v) is 9.47. The molecule has 0 aliphatic carbocycles. The van der Waals surface area contributed by atoms with Gasteiger partial charge in [0.05, 0.1) is 30.3 Å². The van der Waals surface area contributed by atoms with Crippen LogP contribution in [0.25, 0.3) is 0 Å². The summed E-state index contributed by atoms with van der Waals surface area (Å²) in [7, 11) is 0. The number of alkyl halides is 3. The number of halogens is 3. The number of carbonyl (C=O) groups excluding carboxylic acids is 2. The molecule has 1 unspecified atom stereocenters. The number of nitrogens with one attached hydrogen (secondary N) is 3. The predicted molar refractivity (Wildman–Crippen MR) is 104 cm³/mol. The third kappa shape index (κ3) is 4.38. The molecule has 2 aromatic rings. The van der Waals surface area contributed by atoms with Crippen LogP contribution in [0.15, 0.2) is 29.1 Å². The van der Waals surface area contributed by atoms with E-state index >= 15 is 0 Å². The molecule has 31 heavy (non-hydrogen) atoms. The first-order chi connectivity index (χ1) is 14.7. The second kappa shape index (κ2) is 8.02. The number of H-pyrrole nitrogens is 1. The third-order valence-electron chi connectivity index (χ3n) is 5.02. The van der Waals surface area contributed by atoms with Crippen molar-refractivity contribution in [2.24, 2.45) is 0 Å². The fraction of sp³-hybridized carbons (Fsp3) is 0.368. The summed E-state index contributed by atoms with van der Waals surface area (Å²) in [5.41, 5.74) is -1.67. The van der Waals surface area contributed by atoms with Crippen LogP contribution in [0.4, 0.5) is 30.6 Å². The Labute approximate surface area is 173 Å². The van der Waals surface area contributed by atoms with Gasteiger partial charge in [0.15, 0.2) is 0 Å². The van der Waals surface area contributed by atoms with E-state index in [1.165, 1.54) is 6.07 Å². The first-order valence-electron chi connectivity index (χ1n) is 9.47. The van der Waals surface area contributed by atoms with Crippen molar-refractivity contribution < 1.29 is 27.5 Å². The maximum absolute atomic E-state index is 12.9. The molecule has 1 saturated heterocycles. The molecule has 1 fully saturated rings. The van der Waals surface area contributed by atoms with Crippen LogP contribution in [0.3, 0.4) is 0 Å². The van der Waals surface area contributed by atoms with Gasteiger partial charge in [-0.25, -0.2) is 0 Å². The van der Waals surface area contributed by atoms with E-state index in [9.17, 15) is 27.6 Å². The summed E-state index contributed by atoms with van der Waals surface area (Å²) < 4.78 is 44.0. The van der Waals surface area contributed by atoms with E-state index in [-0.39, 0.29) is 29.4 Å². The molecule has 0 saturated carbocycles. The lowest BCUT2D eigenvalue weighted by Gasteiger charge is -2.29. The Balaban J connectivity index is 1.62. The van der Waals surface area contributed by atoms with Crippen LogP contribution >= 0.6 is 0 Å². The van der Waals surface area contributed by atoms with Crippen LogP contribution in [0.5, 0.6) is 0 Å². The molecule has 9 nitrogen and oxygen atoms in total. The average molecular weight is 437 g/mol. The number of aromatic amines is 1. The van der Waals surface area contributed by atoms with Crippen LogP contribution in [-0.2, 0) is 20.5 Å². The van der Waals surface area contributed by atoms with Gasteiger partial charge >= 0.3 is 6.18 Å². The van der Waals surface area contributed by atoms with Crippen molar-refractivity contribution in [2.75, 3.05) is 41.8 Å². The SMILES string of the molecule is O=C1CC(C(=O)Nc2cccc(C(F)(F)F)c2)c2c(nc(N3CCOCC3)[nH]c2=O)N1. The topological polar surface area (TPSA) is 116 Å². The van der Waals surface area contributed by atoms with Crippen molar-refractivity contribution in [3.63, 3.8) is 0 Å². The molecule has 0 spiro atoms. The molecule has 4 rings (SSSR count). The number of fused-ring (bicyclic) bond motifs is 1. The molecule has 164 valence electrons. The van der Waals surface area contributed by atoms with Crippen LogP contribution in [0.1, 0.15) is 23.5 Å². The summed E-state index contributed by atoms with van der Waals surface area (Å²) in [5.74, 6) is -2.30. The van der Waals surface area contributed by atoms with E-state index in [4.69, 9.17) is 4.74 Å². The minimum atomic E-state index is -4.57. The number of rotatable bonds is 3. The van der Waals surface area contributed by atoms with Crippen molar-refractivity contribution in [3.05, 3.63) is 45.7 Å².